The van der Waals surface area contributed by atoms with Crippen LogP contribution in [0.1, 0.15) is 24.2 Å². The molecule has 9 heteroatoms. The maximum atomic E-state index is 14.3. The first-order chi connectivity index (χ1) is 18.5. The van der Waals surface area contributed by atoms with Gasteiger partial charge in [0, 0.05) is 34.7 Å². The summed E-state index contributed by atoms with van der Waals surface area (Å²) in [5.41, 5.74) is 9.75. The van der Waals surface area contributed by atoms with E-state index in [2.05, 4.69) is 31.3 Å². The molecular formula is C29H22N8O. The summed E-state index contributed by atoms with van der Waals surface area (Å²) in [5.74, 6) is 0.356. The van der Waals surface area contributed by atoms with Gasteiger partial charge in [0.1, 0.15) is 23.1 Å². The number of hydrogen-bond acceptors (Lipinski definition) is 7. The highest BCUT2D eigenvalue weighted by molar-refractivity contribution is 5.98. The molecule has 0 radical (unpaired) electrons. The average Bonchev–Trinajstić information content (AvgIpc) is 3.41. The van der Waals surface area contributed by atoms with Crippen molar-refractivity contribution in [2.75, 3.05) is 11.1 Å². The topological polar surface area (TPSA) is 138 Å². The van der Waals surface area contributed by atoms with Gasteiger partial charge in [-0.2, -0.15) is 10.2 Å². The molecule has 4 heterocycles. The Morgan fingerprint density at radius 1 is 1.03 bits per heavy atom. The van der Waals surface area contributed by atoms with Crippen LogP contribution in [-0.2, 0) is 0 Å². The van der Waals surface area contributed by atoms with E-state index >= 15 is 0 Å². The molecule has 0 bridgehead atoms. The van der Waals surface area contributed by atoms with E-state index in [0.29, 0.717) is 16.9 Å². The van der Waals surface area contributed by atoms with Crippen LogP contribution in [0.15, 0.2) is 90.1 Å². The summed E-state index contributed by atoms with van der Waals surface area (Å²) in [5, 5.41) is 15.1. The van der Waals surface area contributed by atoms with Gasteiger partial charge in [-0.3, -0.25) is 9.36 Å². The molecule has 0 amide bonds. The summed E-state index contributed by atoms with van der Waals surface area (Å²) < 4.78 is 1.70. The zero-order valence-electron chi connectivity index (χ0n) is 20.4. The molecule has 0 aliphatic carbocycles. The number of benzene rings is 2. The third-order valence-corrected chi connectivity index (χ3v) is 6.53. The van der Waals surface area contributed by atoms with Crippen LogP contribution in [0.5, 0.6) is 0 Å². The van der Waals surface area contributed by atoms with Crippen LogP contribution >= 0.6 is 0 Å². The van der Waals surface area contributed by atoms with Crippen LogP contribution in [0.4, 0.5) is 11.8 Å². The number of nitrogens with zero attached hydrogens (tertiary/aromatic N) is 5. The first kappa shape index (κ1) is 22.9. The molecule has 6 rings (SSSR count). The normalized spacial score (nSPS) is 11.9. The molecule has 0 unspecified atom stereocenters. The van der Waals surface area contributed by atoms with Crippen molar-refractivity contribution in [3.63, 3.8) is 0 Å². The van der Waals surface area contributed by atoms with Gasteiger partial charge in [-0.15, -0.1) is 0 Å². The van der Waals surface area contributed by atoms with E-state index in [1.165, 1.54) is 6.20 Å². The predicted molar refractivity (Wildman–Crippen MR) is 148 cm³/mol. The minimum atomic E-state index is -0.407. The largest absolute Gasteiger partial charge is 0.368 e. The number of fused-ring (bicyclic) bond motifs is 2. The number of para-hydroxylation sites is 1. The van der Waals surface area contributed by atoms with Crippen molar-refractivity contribution in [3.05, 3.63) is 107 Å². The predicted octanol–water partition coefficient (Wildman–Crippen LogP) is 4.95. The third kappa shape index (κ3) is 3.90. The van der Waals surface area contributed by atoms with Gasteiger partial charge in [0.15, 0.2) is 0 Å². The van der Waals surface area contributed by atoms with Crippen LogP contribution in [-0.4, -0.2) is 24.5 Å². The molecule has 0 saturated carbocycles. The quantitative estimate of drug-likeness (QED) is 0.306. The summed E-state index contributed by atoms with van der Waals surface area (Å²) >= 11 is 0. The zero-order chi connectivity index (χ0) is 26.2. The third-order valence-electron chi connectivity index (χ3n) is 6.53. The van der Waals surface area contributed by atoms with Crippen molar-refractivity contribution in [2.24, 2.45) is 0 Å². The molecule has 9 nitrogen and oxygen atoms in total. The van der Waals surface area contributed by atoms with Gasteiger partial charge in [-0.1, -0.05) is 36.4 Å². The fraction of sp³-hybridized carbons (Fsp3) is 0.0690. The number of rotatable bonds is 5. The number of hydrogen-bond donors (Lipinski definition) is 3. The average molecular weight is 499 g/mol. The number of anilines is 2. The second kappa shape index (κ2) is 9.19. The second-order valence-electron chi connectivity index (χ2n) is 8.92. The molecule has 4 N–H and O–H groups in total. The number of H-pyrrole nitrogens is 1. The van der Waals surface area contributed by atoms with Crippen molar-refractivity contribution in [1.82, 2.24) is 24.5 Å². The van der Waals surface area contributed by atoms with E-state index in [0.717, 1.165) is 33.2 Å². The summed E-state index contributed by atoms with van der Waals surface area (Å²) in [6.07, 6.45) is 5.00. The molecule has 0 spiro atoms. The standard InChI is InChI=1S/C29H22N8O/c1-17(35-27-21(14-30)16-34-29(31)36-27)24-13-18-6-5-9-23(20-12-19-10-11-32-26(19)33-15-20)25(18)28(38)37(24)22-7-3-2-4-8-22/h2-13,15-17H,1H3,(H,32,33)(H3,31,34,35,36)/t17-/m0/s1. The van der Waals surface area contributed by atoms with Gasteiger partial charge >= 0.3 is 0 Å². The lowest BCUT2D eigenvalue weighted by Crippen LogP contribution is -2.26. The molecule has 0 aliphatic rings. The van der Waals surface area contributed by atoms with E-state index in [1.807, 2.05) is 79.9 Å². The van der Waals surface area contributed by atoms with Crippen molar-refractivity contribution >= 4 is 33.6 Å². The Morgan fingerprint density at radius 3 is 2.68 bits per heavy atom. The SMILES string of the molecule is C[C@H](Nc1nc(N)ncc1C#N)c1cc2cccc(-c3cnc4[nH]ccc4c3)c2c(=O)n1-c1ccccc1. The first-order valence-electron chi connectivity index (χ1n) is 12.0. The van der Waals surface area contributed by atoms with Gasteiger partial charge in [-0.25, -0.2) is 9.97 Å². The van der Waals surface area contributed by atoms with Gasteiger partial charge < -0.3 is 16.0 Å². The fourth-order valence-electron chi connectivity index (χ4n) is 4.74. The molecule has 38 heavy (non-hydrogen) atoms. The summed E-state index contributed by atoms with van der Waals surface area (Å²) in [4.78, 5) is 30.1. The minimum absolute atomic E-state index is 0.0512. The Labute approximate surface area is 217 Å². The van der Waals surface area contributed by atoms with Crippen LogP contribution < -0.4 is 16.6 Å². The van der Waals surface area contributed by atoms with E-state index < -0.39 is 6.04 Å². The number of pyridine rings is 2. The Morgan fingerprint density at radius 2 is 1.87 bits per heavy atom. The highest BCUT2D eigenvalue weighted by atomic mass is 16.1. The van der Waals surface area contributed by atoms with Crippen molar-refractivity contribution in [3.8, 4) is 22.9 Å². The van der Waals surface area contributed by atoms with Crippen LogP contribution in [0.2, 0.25) is 0 Å². The summed E-state index contributed by atoms with van der Waals surface area (Å²) in [7, 11) is 0. The van der Waals surface area contributed by atoms with Gasteiger partial charge in [0.05, 0.1) is 17.6 Å². The number of nitriles is 1. The lowest BCUT2D eigenvalue weighted by atomic mass is 9.98. The van der Waals surface area contributed by atoms with Crippen LogP contribution in [0, 0.1) is 11.3 Å². The van der Waals surface area contributed by atoms with Crippen molar-refractivity contribution in [2.45, 2.75) is 13.0 Å². The highest BCUT2D eigenvalue weighted by Crippen LogP contribution is 2.31. The van der Waals surface area contributed by atoms with E-state index in [1.54, 1.807) is 10.8 Å². The first-order valence-corrected chi connectivity index (χ1v) is 12.0. The molecule has 0 fully saturated rings. The van der Waals surface area contributed by atoms with Crippen molar-refractivity contribution in [1.29, 1.82) is 5.26 Å². The number of aromatic nitrogens is 5. The van der Waals surface area contributed by atoms with Crippen LogP contribution in [0.3, 0.4) is 0 Å². The smallest absolute Gasteiger partial charge is 0.263 e. The Bertz CT molecular complexity index is 1920. The van der Waals surface area contributed by atoms with E-state index in [4.69, 9.17) is 5.73 Å². The summed E-state index contributed by atoms with van der Waals surface area (Å²) in [6, 6.07) is 22.9. The number of nitrogen functional groups attached to an aromatic ring is 1. The van der Waals surface area contributed by atoms with Crippen molar-refractivity contribution < 1.29 is 0 Å². The van der Waals surface area contributed by atoms with Gasteiger partial charge in [-0.05, 0) is 48.2 Å². The Hall–Kier alpha value is -5.49. The molecule has 184 valence electrons. The lowest BCUT2D eigenvalue weighted by molar-refractivity contribution is 0.772. The minimum Gasteiger partial charge on any atom is -0.368 e. The van der Waals surface area contributed by atoms with Gasteiger partial charge in [0.25, 0.3) is 5.56 Å². The Kier molecular flexibility index (Phi) is 5.55. The summed E-state index contributed by atoms with van der Waals surface area (Å²) in [6.45, 7) is 1.91. The maximum Gasteiger partial charge on any atom is 0.263 e. The van der Waals surface area contributed by atoms with Gasteiger partial charge in [0.2, 0.25) is 5.95 Å². The number of nitrogens with one attached hydrogen (secondary N) is 2. The molecule has 2 aromatic carbocycles. The lowest BCUT2D eigenvalue weighted by Gasteiger charge is -2.22. The number of aromatic amines is 1. The molecular weight excluding hydrogens is 476 g/mol. The fourth-order valence-corrected chi connectivity index (χ4v) is 4.74. The molecule has 6 aromatic rings. The Balaban J connectivity index is 1.58. The zero-order valence-corrected chi connectivity index (χ0v) is 20.4. The highest BCUT2D eigenvalue weighted by Gasteiger charge is 2.20. The molecule has 1 atom stereocenters. The number of nitrogens with two attached hydrogens (primary N) is 1. The second-order valence-corrected chi connectivity index (χ2v) is 8.92. The van der Waals surface area contributed by atoms with E-state index in [9.17, 15) is 10.1 Å². The molecule has 0 aliphatic heterocycles. The molecule has 4 aromatic heterocycles. The monoisotopic (exact) mass is 498 g/mol. The maximum absolute atomic E-state index is 14.3. The molecule has 0 saturated heterocycles. The van der Waals surface area contributed by atoms with E-state index in [-0.39, 0.29) is 17.1 Å². The van der Waals surface area contributed by atoms with Crippen LogP contribution in [0.25, 0.3) is 38.6 Å².